The minimum Gasteiger partial charge on any atom is -0.396 e. The normalized spacial score (nSPS) is 12.0. The molecule has 0 unspecified atom stereocenters. The summed E-state index contributed by atoms with van der Waals surface area (Å²) in [6.07, 6.45) is 2.44. The smallest absolute Gasteiger partial charge is 0.226 e. The molecule has 0 aromatic carbocycles. The van der Waals surface area contributed by atoms with E-state index in [2.05, 4.69) is 30.9 Å². The number of nitrogens with zero attached hydrogens (tertiary/aromatic N) is 2. The summed E-state index contributed by atoms with van der Waals surface area (Å²) in [7, 11) is 0. The summed E-state index contributed by atoms with van der Waals surface area (Å²) in [5.41, 5.74) is 0. The molecule has 0 bridgehead atoms. The molecule has 0 saturated heterocycles. The topological polar surface area (TPSA) is 59.2 Å². The van der Waals surface area contributed by atoms with Crippen LogP contribution in [0.25, 0.3) is 0 Å². The van der Waals surface area contributed by atoms with Gasteiger partial charge in [0.05, 0.1) is 5.75 Å². The minimum absolute atomic E-state index is 0.220. The van der Waals surface area contributed by atoms with Crippen LogP contribution in [0.2, 0.25) is 0 Å². The third-order valence-corrected chi connectivity index (χ3v) is 3.21. The maximum Gasteiger partial charge on any atom is 0.226 e. The standard InChI is InChI=1S/C11H20N2O2S/c1-11(2,3)16-8-9-12-10(15-13-9)6-4-5-7-14/h14H,4-8H2,1-3H3. The highest BCUT2D eigenvalue weighted by Crippen LogP contribution is 2.26. The van der Waals surface area contributed by atoms with E-state index in [1.165, 1.54) is 0 Å². The fourth-order valence-corrected chi connectivity index (χ4v) is 1.80. The Morgan fingerprint density at radius 2 is 2.06 bits per heavy atom. The van der Waals surface area contributed by atoms with Gasteiger partial charge in [0.1, 0.15) is 0 Å². The van der Waals surface area contributed by atoms with Crippen LogP contribution in [0.15, 0.2) is 4.52 Å². The first kappa shape index (κ1) is 13.5. The number of aliphatic hydroxyl groups is 1. The average molecular weight is 244 g/mol. The van der Waals surface area contributed by atoms with Crippen LogP contribution in [-0.2, 0) is 12.2 Å². The summed E-state index contributed by atoms with van der Waals surface area (Å²) in [5.74, 6) is 2.23. The molecule has 4 nitrogen and oxygen atoms in total. The van der Waals surface area contributed by atoms with Crippen molar-refractivity contribution in [2.24, 2.45) is 0 Å². The van der Waals surface area contributed by atoms with Gasteiger partial charge in [0, 0.05) is 17.8 Å². The van der Waals surface area contributed by atoms with Crippen LogP contribution >= 0.6 is 11.8 Å². The average Bonchev–Trinajstić information content (AvgIpc) is 2.62. The van der Waals surface area contributed by atoms with Gasteiger partial charge >= 0.3 is 0 Å². The lowest BCUT2D eigenvalue weighted by molar-refractivity contribution is 0.280. The van der Waals surface area contributed by atoms with Crippen molar-refractivity contribution in [3.05, 3.63) is 11.7 Å². The molecule has 0 saturated carbocycles. The molecule has 0 radical (unpaired) electrons. The molecule has 1 heterocycles. The number of thioether (sulfide) groups is 1. The highest BCUT2D eigenvalue weighted by Gasteiger charge is 2.13. The van der Waals surface area contributed by atoms with Crippen molar-refractivity contribution in [1.29, 1.82) is 0 Å². The van der Waals surface area contributed by atoms with Crippen LogP contribution in [0.1, 0.15) is 45.3 Å². The molecule has 0 aliphatic heterocycles. The fourth-order valence-electron chi connectivity index (χ4n) is 1.12. The predicted octanol–water partition coefficient (Wildman–Crippen LogP) is 2.42. The minimum atomic E-state index is 0.220. The van der Waals surface area contributed by atoms with Crippen LogP contribution in [0.3, 0.4) is 0 Å². The van der Waals surface area contributed by atoms with Crippen LogP contribution in [0, 0.1) is 0 Å². The highest BCUT2D eigenvalue weighted by molar-refractivity contribution is 7.99. The highest BCUT2D eigenvalue weighted by atomic mass is 32.2. The summed E-state index contributed by atoms with van der Waals surface area (Å²) in [6, 6.07) is 0. The number of hydrogen-bond donors (Lipinski definition) is 1. The van der Waals surface area contributed by atoms with Gasteiger partial charge in [-0.1, -0.05) is 25.9 Å². The van der Waals surface area contributed by atoms with Gasteiger partial charge in [-0.05, 0) is 12.8 Å². The summed E-state index contributed by atoms with van der Waals surface area (Å²) >= 11 is 1.80. The summed E-state index contributed by atoms with van der Waals surface area (Å²) < 4.78 is 5.34. The number of hydrogen-bond acceptors (Lipinski definition) is 5. The lowest BCUT2D eigenvalue weighted by atomic mass is 10.2. The largest absolute Gasteiger partial charge is 0.396 e. The van der Waals surface area contributed by atoms with Crippen LogP contribution in [-0.4, -0.2) is 26.6 Å². The Kier molecular flexibility index (Phi) is 5.28. The van der Waals surface area contributed by atoms with E-state index in [-0.39, 0.29) is 11.4 Å². The van der Waals surface area contributed by atoms with E-state index in [0.29, 0.717) is 5.89 Å². The van der Waals surface area contributed by atoms with Gasteiger partial charge in [0.15, 0.2) is 5.82 Å². The maximum atomic E-state index is 8.65. The Hall–Kier alpha value is -0.550. The first-order chi connectivity index (χ1) is 7.51. The predicted molar refractivity (Wildman–Crippen MR) is 65.4 cm³/mol. The molecule has 1 N–H and O–H groups in total. The Morgan fingerprint density at radius 3 is 2.69 bits per heavy atom. The summed E-state index contributed by atoms with van der Waals surface area (Å²) in [4.78, 5) is 4.30. The second-order valence-electron chi connectivity index (χ2n) is 4.69. The molecule has 92 valence electrons. The number of aliphatic hydroxyl groups excluding tert-OH is 1. The van der Waals surface area contributed by atoms with E-state index in [0.717, 1.165) is 30.8 Å². The van der Waals surface area contributed by atoms with Crippen molar-refractivity contribution in [3.8, 4) is 0 Å². The summed E-state index contributed by atoms with van der Waals surface area (Å²) in [6.45, 7) is 6.72. The van der Waals surface area contributed by atoms with Gasteiger partial charge in [-0.15, -0.1) is 11.8 Å². The van der Waals surface area contributed by atoms with Crippen molar-refractivity contribution in [2.45, 2.75) is 50.5 Å². The molecule has 5 heteroatoms. The van der Waals surface area contributed by atoms with Crippen molar-refractivity contribution >= 4 is 11.8 Å². The number of aryl methyl sites for hydroxylation is 1. The van der Waals surface area contributed by atoms with E-state index in [4.69, 9.17) is 9.63 Å². The molecule has 1 rings (SSSR count). The molecular weight excluding hydrogens is 224 g/mol. The molecule has 0 amide bonds. The Bertz CT molecular complexity index is 307. The van der Waals surface area contributed by atoms with Crippen LogP contribution in [0.4, 0.5) is 0 Å². The number of rotatable bonds is 6. The fraction of sp³-hybridized carbons (Fsp3) is 0.818. The Morgan fingerprint density at radius 1 is 1.31 bits per heavy atom. The van der Waals surface area contributed by atoms with Crippen molar-refractivity contribution in [1.82, 2.24) is 10.1 Å². The van der Waals surface area contributed by atoms with Crippen molar-refractivity contribution in [2.75, 3.05) is 6.61 Å². The van der Waals surface area contributed by atoms with E-state index in [1.54, 1.807) is 11.8 Å². The van der Waals surface area contributed by atoms with Gasteiger partial charge in [-0.25, -0.2) is 0 Å². The third-order valence-electron chi connectivity index (χ3n) is 1.94. The molecule has 0 fully saturated rings. The van der Waals surface area contributed by atoms with Crippen LogP contribution in [0.5, 0.6) is 0 Å². The molecule has 0 aliphatic rings. The second kappa shape index (κ2) is 6.25. The van der Waals surface area contributed by atoms with Gasteiger partial charge in [0.25, 0.3) is 0 Å². The Balaban J connectivity index is 2.33. The number of unbranched alkanes of at least 4 members (excludes halogenated alkanes) is 1. The quantitative estimate of drug-likeness (QED) is 0.779. The maximum absolute atomic E-state index is 8.65. The van der Waals surface area contributed by atoms with E-state index in [1.807, 2.05) is 0 Å². The number of aromatic nitrogens is 2. The van der Waals surface area contributed by atoms with Gasteiger partial charge in [0.2, 0.25) is 5.89 Å². The monoisotopic (exact) mass is 244 g/mol. The molecule has 0 atom stereocenters. The molecule has 0 spiro atoms. The van der Waals surface area contributed by atoms with Gasteiger partial charge in [-0.3, -0.25) is 0 Å². The van der Waals surface area contributed by atoms with Crippen molar-refractivity contribution in [3.63, 3.8) is 0 Å². The third kappa shape index (κ3) is 5.51. The molecule has 0 aliphatic carbocycles. The lowest BCUT2D eigenvalue weighted by Gasteiger charge is -2.15. The second-order valence-corrected chi connectivity index (χ2v) is 6.49. The van der Waals surface area contributed by atoms with Gasteiger partial charge < -0.3 is 9.63 Å². The molecule has 1 aromatic heterocycles. The molecule has 16 heavy (non-hydrogen) atoms. The molecule has 1 aromatic rings. The first-order valence-corrected chi connectivity index (χ1v) is 6.56. The zero-order valence-corrected chi connectivity index (χ0v) is 11.0. The molecular formula is C11H20N2O2S. The SMILES string of the molecule is CC(C)(C)SCc1noc(CCCCO)n1. The van der Waals surface area contributed by atoms with Crippen LogP contribution < -0.4 is 0 Å². The Labute approximate surface area is 101 Å². The zero-order chi connectivity index (χ0) is 12.0. The lowest BCUT2D eigenvalue weighted by Crippen LogP contribution is -2.07. The zero-order valence-electron chi connectivity index (χ0n) is 10.2. The van der Waals surface area contributed by atoms with E-state index >= 15 is 0 Å². The van der Waals surface area contributed by atoms with E-state index in [9.17, 15) is 0 Å². The first-order valence-electron chi connectivity index (χ1n) is 5.57. The van der Waals surface area contributed by atoms with Gasteiger partial charge in [-0.2, -0.15) is 4.98 Å². The summed E-state index contributed by atoms with van der Waals surface area (Å²) in [5, 5.41) is 12.6. The van der Waals surface area contributed by atoms with E-state index < -0.39 is 0 Å². The van der Waals surface area contributed by atoms with Crippen molar-refractivity contribution < 1.29 is 9.63 Å².